The lowest BCUT2D eigenvalue weighted by molar-refractivity contribution is -0.159. The van der Waals surface area contributed by atoms with Crippen molar-refractivity contribution in [3.05, 3.63) is 35.9 Å². The van der Waals surface area contributed by atoms with Crippen molar-refractivity contribution in [1.29, 1.82) is 0 Å². The SMILES string of the molecule is CCOC(=O)C[C@@H](C(=O)OCC)[C@@H](NC(=O)c1ccccc1)C(=O)O. The highest BCUT2D eigenvalue weighted by Crippen LogP contribution is 2.15. The highest BCUT2D eigenvalue weighted by molar-refractivity contribution is 5.98. The number of rotatable bonds is 9. The molecule has 1 amide bonds. The van der Waals surface area contributed by atoms with Crippen LogP contribution in [-0.2, 0) is 23.9 Å². The Balaban J connectivity index is 3.01. The molecule has 0 aliphatic heterocycles. The number of benzene rings is 1. The third-order valence-corrected chi connectivity index (χ3v) is 3.27. The van der Waals surface area contributed by atoms with Crippen molar-refractivity contribution < 1.29 is 33.8 Å². The zero-order valence-corrected chi connectivity index (χ0v) is 14.1. The van der Waals surface area contributed by atoms with Crippen molar-refractivity contribution in [2.75, 3.05) is 13.2 Å². The van der Waals surface area contributed by atoms with Crippen molar-refractivity contribution in [3.8, 4) is 0 Å². The van der Waals surface area contributed by atoms with Crippen LogP contribution in [0.4, 0.5) is 0 Å². The molecule has 0 spiro atoms. The Morgan fingerprint density at radius 2 is 1.64 bits per heavy atom. The number of esters is 2. The van der Waals surface area contributed by atoms with Gasteiger partial charge in [0.05, 0.1) is 25.6 Å². The zero-order chi connectivity index (χ0) is 18.8. The Hall–Kier alpha value is -2.90. The fourth-order valence-corrected chi connectivity index (χ4v) is 2.13. The van der Waals surface area contributed by atoms with E-state index < -0.39 is 42.2 Å². The van der Waals surface area contributed by atoms with E-state index in [0.717, 1.165) is 0 Å². The van der Waals surface area contributed by atoms with E-state index in [4.69, 9.17) is 9.47 Å². The lowest BCUT2D eigenvalue weighted by Crippen LogP contribution is -2.49. The first kappa shape index (κ1) is 20.1. The molecule has 0 aliphatic carbocycles. The van der Waals surface area contributed by atoms with Crippen LogP contribution < -0.4 is 5.32 Å². The Kier molecular flexibility index (Phi) is 8.11. The summed E-state index contributed by atoms with van der Waals surface area (Å²) < 4.78 is 9.61. The van der Waals surface area contributed by atoms with Gasteiger partial charge in [-0.25, -0.2) is 4.79 Å². The van der Waals surface area contributed by atoms with Crippen molar-refractivity contribution in [2.24, 2.45) is 5.92 Å². The van der Waals surface area contributed by atoms with E-state index in [9.17, 15) is 24.3 Å². The van der Waals surface area contributed by atoms with Crippen molar-refractivity contribution >= 4 is 23.8 Å². The molecule has 0 fully saturated rings. The summed E-state index contributed by atoms with van der Waals surface area (Å²) in [5.41, 5.74) is 0.229. The number of carboxylic acids is 1. The van der Waals surface area contributed by atoms with Crippen molar-refractivity contribution in [2.45, 2.75) is 26.3 Å². The molecule has 1 aromatic carbocycles. The second-order valence-corrected chi connectivity index (χ2v) is 5.02. The topological polar surface area (TPSA) is 119 Å². The fraction of sp³-hybridized carbons (Fsp3) is 0.412. The summed E-state index contributed by atoms with van der Waals surface area (Å²) in [6, 6.07) is 6.31. The number of ether oxygens (including phenoxy) is 2. The number of carbonyl (C=O) groups excluding carboxylic acids is 3. The first-order valence-corrected chi connectivity index (χ1v) is 7.81. The van der Waals surface area contributed by atoms with E-state index in [1.54, 1.807) is 32.0 Å². The number of amides is 1. The average Bonchev–Trinajstić information content (AvgIpc) is 2.58. The number of carbonyl (C=O) groups is 4. The smallest absolute Gasteiger partial charge is 0.327 e. The van der Waals surface area contributed by atoms with Gasteiger partial charge in [-0.1, -0.05) is 18.2 Å². The van der Waals surface area contributed by atoms with E-state index in [0.29, 0.717) is 0 Å². The number of hydrogen-bond acceptors (Lipinski definition) is 6. The van der Waals surface area contributed by atoms with Gasteiger partial charge in [-0.05, 0) is 26.0 Å². The van der Waals surface area contributed by atoms with Crippen LogP contribution in [0.5, 0.6) is 0 Å². The summed E-state index contributed by atoms with van der Waals surface area (Å²) in [6.07, 6.45) is -0.515. The fourth-order valence-electron chi connectivity index (χ4n) is 2.13. The lowest BCUT2D eigenvalue weighted by atomic mass is 9.95. The van der Waals surface area contributed by atoms with Crippen molar-refractivity contribution in [3.63, 3.8) is 0 Å². The van der Waals surface area contributed by atoms with Crippen LogP contribution in [0, 0.1) is 5.92 Å². The minimum atomic E-state index is -1.63. The molecule has 2 N–H and O–H groups in total. The summed E-state index contributed by atoms with van der Waals surface area (Å²) in [5.74, 6) is -5.17. The second-order valence-electron chi connectivity index (χ2n) is 5.02. The Bertz CT molecular complexity index is 615. The predicted molar refractivity (Wildman–Crippen MR) is 86.7 cm³/mol. The predicted octanol–water partition coefficient (Wildman–Crippen LogP) is 1.00. The third-order valence-electron chi connectivity index (χ3n) is 3.27. The molecule has 8 nitrogen and oxygen atoms in total. The van der Waals surface area contributed by atoms with Crippen LogP contribution in [-0.4, -0.2) is 48.2 Å². The van der Waals surface area contributed by atoms with Crippen LogP contribution in [0.2, 0.25) is 0 Å². The molecular formula is C17H21NO7. The summed E-state index contributed by atoms with van der Waals surface area (Å²) in [4.78, 5) is 47.6. The monoisotopic (exact) mass is 351 g/mol. The van der Waals surface area contributed by atoms with Gasteiger partial charge in [-0.15, -0.1) is 0 Å². The molecule has 0 heterocycles. The van der Waals surface area contributed by atoms with Crippen LogP contribution in [0.1, 0.15) is 30.6 Å². The van der Waals surface area contributed by atoms with E-state index >= 15 is 0 Å². The van der Waals surface area contributed by atoms with Crippen LogP contribution in [0.3, 0.4) is 0 Å². The maximum atomic E-state index is 12.2. The number of carboxylic acid groups (broad SMARTS) is 1. The van der Waals surface area contributed by atoms with E-state index in [1.807, 2.05) is 0 Å². The quantitative estimate of drug-likeness (QED) is 0.637. The molecule has 0 unspecified atom stereocenters. The molecule has 0 bridgehead atoms. The Morgan fingerprint density at radius 3 is 2.16 bits per heavy atom. The summed E-state index contributed by atoms with van der Waals surface area (Å²) in [5, 5.41) is 11.7. The van der Waals surface area contributed by atoms with Gasteiger partial charge in [0, 0.05) is 5.56 Å². The van der Waals surface area contributed by atoms with Gasteiger partial charge >= 0.3 is 17.9 Å². The number of aliphatic carboxylic acids is 1. The van der Waals surface area contributed by atoms with Gasteiger partial charge < -0.3 is 19.9 Å². The first-order valence-electron chi connectivity index (χ1n) is 7.81. The Morgan fingerprint density at radius 1 is 1.04 bits per heavy atom. The van der Waals surface area contributed by atoms with E-state index in [1.165, 1.54) is 12.1 Å². The number of nitrogens with one attached hydrogen (secondary N) is 1. The molecule has 0 radical (unpaired) electrons. The number of hydrogen-bond donors (Lipinski definition) is 2. The largest absolute Gasteiger partial charge is 0.480 e. The summed E-state index contributed by atoms with van der Waals surface area (Å²) in [6.45, 7) is 3.24. The molecule has 0 saturated carbocycles. The van der Waals surface area contributed by atoms with Crippen LogP contribution in [0.25, 0.3) is 0 Å². The van der Waals surface area contributed by atoms with Gasteiger partial charge in [0.25, 0.3) is 5.91 Å². The molecule has 1 rings (SSSR count). The lowest BCUT2D eigenvalue weighted by Gasteiger charge is -2.22. The second kappa shape index (κ2) is 10.1. The molecular weight excluding hydrogens is 330 g/mol. The molecule has 136 valence electrons. The molecule has 0 aliphatic rings. The first-order chi connectivity index (χ1) is 11.9. The highest BCUT2D eigenvalue weighted by Gasteiger charge is 2.38. The molecule has 8 heteroatoms. The van der Waals surface area contributed by atoms with E-state index in [-0.39, 0.29) is 18.8 Å². The van der Waals surface area contributed by atoms with Crippen LogP contribution in [0.15, 0.2) is 30.3 Å². The third kappa shape index (κ3) is 6.25. The summed E-state index contributed by atoms with van der Waals surface area (Å²) >= 11 is 0. The molecule has 2 atom stereocenters. The van der Waals surface area contributed by atoms with Gasteiger partial charge in [0.15, 0.2) is 0 Å². The average molecular weight is 351 g/mol. The van der Waals surface area contributed by atoms with Crippen LogP contribution >= 0.6 is 0 Å². The highest BCUT2D eigenvalue weighted by atomic mass is 16.5. The van der Waals surface area contributed by atoms with Crippen molar-refractivity contribution in [1.82, 2.24) is 5.32 Å². The molecule has 1 aromatic rings. The zero-order valence-electron chi connectivity index (χ0n) is 14.1. The molecule has 25 heavy (non-hydrogen) atoms. The van der Waals surface area contributed by atoms with E-state index in [2.05, 4.69) is 5.32 Å². The summed E-state index contributed by atoms with van der Waals surface area (Å²) in [7, 11) is 0. The molecule has 0 saturated heterocycles. The molecule has 0 aromatic heterocycles. The normalized spacial score (nSPS) is 12.6. The van der Waals surface area contributed by atoms with Gasteiger partial charge in [0.1, 0.15) is 6.04 Å². The van der Waals surface area contributed by atoms with Gasteiger partial charge in [-0.2, -0.15) is 0 Å². The minimum absolute atomic E-state index is 0.0110. The maximum Gasteiger partial charge on any atom is 0.327 e. The Labute approximate surface area is 145 Å². The standard InChI is InChI=1S/C17H21NO7/c1-3-24-13(19)10-12(17(23)25-4-2)14(16(21)22)18-15(20)11-8-6-5-7-9-11/h5-9,12,14H,3-4,10H2,1-2H3,(H,18,20)(H,21,22)/t12-,14-/m1/s1. The maximum absolute atomic E-state index is 12.2. The van der Waals surface area contributed by atoms with Gasteiger partial charge in [-0.3, -0.25) is 14.4 Å². The minimum Gasteiger partial charge on any atom is -0.480 e. The van der Waals surface area contributed by atoms with Gasteiger partial charge in [0.2, 0.25) is 0 Å².